The maximum atomic E-state index is 13.4. The van der Waals surface area contributed by atoms with Crippen LogP contribution in [-0.4, -0.2) is 16.7 Å². The average molecular weight is 224 g/mol. The Morgan fingerprint density at radius 1 is 1.50 bits per heavy atom. The normalized spacial score (nSPS) is 11.2. The number of nitrogens with two attached hydrogens (primary N) is 1. The first-order valence-corrected chi connectivity index (χ1v) is 4.64. The van der Waals surface area contributed by atoms with Gasteiger partial charge in [-0.05, 0) is 26.0 Å². The van der Waals surface area contributed by atoms with E-state index in [0.29, 0.717) is 0 Å². The van der Waals surface area contributed by atoms with Crippen LogP contribution in [0, 0.1) is 16.6 Å². The first-order chi connectivity index (χ1) is 7.26. The highest BCUT2D eigenvalue weighted by Gasteiger charge is 2.32. The van der Waals surface area contributed by atoms with Gasteiger partial charge in [0.2, 0.25) is 5.91 Å². The standard InChI is InChI=1S/C11H13FN2O2/c1-11(2,10(14)16)9(13)7-4-3-6(15)5-8(7)12/h3-5,13,15H,1-2H3,(H2,14,16). The Kier molecular flexibility index (Phi) is 2.98. The van der Waals surface area contributed by atoms with E-state index in [-0.39, 0.29) is 17.0 Å². The summed E-state index contributed by atoms with van der Waals surface area (Å²) < 4.78 is 13.4. The van der Waals surface area contributed by atoms with Crippen LogP contribution in [0.2, 0.25) is 0 Å². The van der Waals surface area contributed by atoms with Gasteiger partial charge in [-0.1, -0.05) is 0 Å². The molecule has 0 aliphatic heterocycles. The molecule has 0 spiro atoms. The molecule has 0 bridgehead atoms. The number of amides is 1. The second-order valence-corrected chi connectivity index (χ2v) is 4.03. The lowest BCUT2D eigenvalue weighted by Gasteiger charge is -2.22. The molecule has 0 aliphatic carbocycles. The van der Waals surface area contributed by atoms with Crippen molar-refractivity contribution in [1.82, 2.24) is 0 Å². The van der Waals surface area contributed by atoms with Crippen molar-refractivity contribution in [2.75, 3.05) is 0 Å². The van der Waals surface area contributed by atoms with Gasteiger partial charge in [-0.3, -0.25) is 4.79 Å². The lowest BCUT2D eigenvalue weighted by atomic mass is 9.82. The molecule has 1 rings (SSSR count). The lowest BCUT2D eigenvalue weighted by molar-refractivity contribution is -0.122. The minimum absolute atomic E-state index is 0.0402. The number of carbonyl (C=O) groups excluding carboxylic acids is 1. The predicted octanol–water partition coefficient (Wildman–Crippen LogP) is 1.41. The van der Waals surface area contributed by atoms with Crippen molar-refractivity contribution in [3.63, 3.8) is 0 Å². The molecule has 0 saturated heterocycles. The molecule has 0 heterocycles. The van der Waals surface area contributed by atoms with Crippen molar-refractivity contribution in [3.05, 3.63) is 29.6 Å². The molecule has 86 valence electrons. The highest BCUT2D eigenvalue weighted by atomic mass is 19.1. The van der Waals surface area contributed by atoms with E-state index in [1.54, 1.807) is 0 Å². The molecule has 4 N–H and O–H groups in total. The number of benzene rings is 1. The molecule has 1 amide bonds. The summed E-state index contributed by atoms with van der Waals surface area (Å²) in [6, 6.07) is 3.39. The summed E-state index contributed by atoms with van der Waals surface area (Å²) in [6.07, 6.45) is 0. The van der Waals surface area contributed by atoms with Gasteiger partial charge in [-0.2, -0.15) is 0 Å². The van der Waals surface area contributed by atoms with Gasteiger partial charge in [-0.25, -0.2) is 4.39 Å². The fourth-order valence-corrected chi connectivity index (χ4v) is 1.17. The van der Waals surface area contributed by atoms with E-state index >= 15 is 0 Å². The molecular weight excluding hydrogens is 211 g/mol. The zero-order valence-corrected chi connectivity index (χ0v) is 9.04. The Balaban J connectivity index is 3.20. The number of nitrogens with one attached hydrogen (secondary N) is 1. The van der Waals surface area contributed by atoms with E-state index in [1.165, 1.54) is 26.0 Å². The van der Waals surface area contributed by atoms with Crippen molar-refractivity contribution >= 4 is 11.6 Å². The minimum Gasteiger partial charge on any atom is -0.508 e. The fraction of sp³-hybridized carbons (Fsp3) is 0.273. The quantitative estimate of drug-likeness (QED) is 0.678. The van der Waals surface area contributed by atoms with Gasteiger partial charge in [0.05, 0.1) is 11.1 Å². The van der Waals surface area contributed by atoms with Crippen LogP contribution in [0.5, 0.6) is 5.75 Å². The summed E-state index contributed by atoms with van der Waals surface area (Å²) in [5.74, 6) is -1.68. The summed E-state index contributed by atoms with van der Waals surface area (Å²) >= 11 is 0. The Morgan fingerprint density at radius 3 is 2.50 bits per heavy atom. The Bertz CT molecular complexity index is 455. The molecule has 0 aromatic heterocycles. The van der Waals surface area contributed by atoms with Gasteiger partial charge < -0.3 is 16.2 Å². The van der Waals surface area contributed by atoms with E-state index in [1.807, 2.05) is 0 Å². The van der Waals surface area contributed by atoms with E-state index in [2.05, 4.69) is 0 Å². The van der Waals surface area contributed by atoms with Gasteiger partial charge in [0, 0.05) is 11.6 Å². The van der Waals surface area contributed by atoms with Crippen molar-refractivity contribution < 1.29 is 14.3 Å². The van der Waals surface area contributed by atoms with Crippen LogP contribution in [0.1, 0.15) is 19.4 Å². The Morgan fingerprint density at radius 2 is 2.06 bits per heavy atom. The van der Waals surface area contributed by atoms with Crippen molar-refractivity contribution in [2.45, 2.75) is 13.8 Å². The number of halogens is 1. The Labute approximate surface area is 92.4 Å². The van der Waals surface area contributed by atoms with Crippen LogP contribution < -0.4 is 5.73 Å². The average Bonchev–Trinajstić information content (AvgIpc) is 2.16. The molecule has 0 saturated carbocycles. The maximum Gasteiger partial charge on any atom is 0.229 e. The number of phenolic OH excluding ortho intramolecular Hbond substituents is 1. The monoisotopic (exact) mass is 224 g/mol. The molecule has 0 fully saturated rings. The van der Waals surface area contributed by atoms with Gasteiger partial charge in [0.1, 0.15) is 11.6 Å². The summed E-state index contributed by atoms with van der Waals surface area (Å²) in [7, 11) is 0. The molecule has 0 aliphatic rings. The van der Waals surface area contributed by atoms with Gasteiger partial charge in [0.25, 0.3) is 0 Å². The van der Waals surface area contributed by atoms with Gasteiger partial charge >= 0.3 is 0 Å². The van der Waals surface area contributed by atoms with Crippen molar-refractivity contribution in [3.8, 4) is 5.75 Å². The molecule has 0 atom stereocenters. The third-order valence-electron chi connectivity index (χ3n) is 2.46. The summed E-state index contributed by atoms with van der Waals surface area (Å²) in [5, 5.41) is 16.8. The number of hydrogen-bond acceptors (Lipinski definition) is 3. The van der Waals surface area contributed by atoms with Crippen molar-refractivity contribution in [1.29, 1.82) is 5.41 Å². The highest BCUT2D eigenvalue weighted by Crippen LogP contribution is 2.24. The molecule has 16 heavy (non-hydrogen) atoms. The minimum atomic E-state index is -1.25. The predicted molar refractivity (Wildman–Crippen MR) is 57.9 cm³/mol. The molecule has 1 aromatic carbocycles. The second kappa shape index (κ2) is 3.92. The number of phenols is 1. The summed E-state index contributed by atoms with van der Waals surface area (Å²) in [6.45, 7) is 2.90. The van der Waals surface area contributed by atoms with Gasteiger partial charge in [0.15, 0.2) is 0 Å². The molecule has 5 heteroatoms. The van der Waals surface area contributed by atoms with Crippen LogP contribution in [0.15, 0.2) is 18.2 Å². The fourth-order valence-electron chi connectivity index (χ4n) is 1.17. The number of primary amides is 1. The molecule has 1 aromatic rings. The smallest absolute Gasteiger partial charge is 0.229 e. The molecular formula is C11H13FN2O2. The third-order valence-corrected chi connectivity index (χ3v) is 2.46. The number of rotatable bonds is 3. The van der Waals surface area contributed by atoms with E-state index in [0.717, 1.165) is 6.07 Å². The van der Waals surface area contributed by atoms with E-state index in [4.69, 9.17) is 16.2 Å². The third kappa shape index (κ3) is 2.03. The molecule has 0 radical (unpaired) electrons. The zero-order chi connectivity index (χ0) is 12.5. The molecule has 4 nitrogen and oxygen atoms in total. The van der Waals surface area contributed by atoms with Crippen LogP contribution >= 0.6 is 0 Å². The van der Waals surface area contributed by atoms with Crippen LogP contribution in [0.25, 0.3) is 0 Å². The maximum absolute atomic E-state index is 13.4. The van der Waals surface area contributed by atoms with Crippen LogP contribution in [0.4, 0.5) is 4.39 Å². The van der Waals surface area contributed by atoms with E-state index in [9.17, 15) is 9.18 Å². The SMILES string of the molecule is CC(C)(C(=N)c1ccc(O)cc1F)C(N)=O. The summed E-state index contributed by atoms with van der Waals surface area (Å²) in [5.41, 5.74) is 3.63. The van der Waals surface area contributed by atoms with Crippen LogP contribution in [-0.2, 0) is 4.79 Å². The largest absolute Gasteiger partial charge is 0.508 e. The van der Waals surface area contributed by atoms with Crippen molar-refractivity contribution in [2.24, 2.45) is 11.1 Å². The summed E-state index contributed by atoms with van der Waals surface area (Å²) in [4.78, 5) is 11.1. The number of hydrogen-bond donors (Lipinski definition) is 3. The first-order valence-electron chi connectivity index (χ1n) is 4.64. The zero-order valence-electron chi connectivity index (χ0n) is 9.04. The van der Waals surface area contributed by atoms with E-state index < -0.39 is 17.1 Å². The molecule has 0 unspecified atom stereocenters. The number of aromatic hydroxyl groups is 1. The van der Waals surface area contributed by atoms with Crippen LogP contribution in [0.3, 0.4) is 0 Å². The Hall–Kier alpha value is -1.91. The topological polar surface area (TPSA) is 87.2 Å². The number of carbonyl (C=O) groups is 1. The van der Waals surface area contributed by atoms with Gasteiger partial charge in [-0.15, -0.1) is 0 Å². The second-order valence-electron chi connectivity index (χ2n) is 4.03. The highest BCUT2D eigenvalue weighted by molar-refractivity contribution is 6.14. The lowest BCUT2D eigenvalue weighted by Crippen LogP contribution is -2.39. The first kappa shape index (κ1) is 12.2.